The Kier molecular flexibility index (Phi) is 3.26. The van der Waals surface area contributed by atoms with Crippen LogP contribution in [0.25, 0.3) is 0 Å². The molecule has 1 saturated heterocycles. The van der Waals surface area contributed by atoms with E-state index < -0.39 is 17.8 Å². The van der Waals surface area contributed by atoms with Crippen molar-refractivity contribution in [3.05, 3.63) is 30.3 Å². The summed E-state index contributed by atoms with van der Waals surface area (Å²) in [6.07, 6.45) is 4.73. The van der Waals surface area contributed by atoms with E-state index in [1.54, 1.807) is 30.3 Å². The highest BCUT2D eigenvalue weighted by molar-refractivity contribution is 6.52. The van der Waals surface area contributed by atoms with Gasteiger partial charge in [0.2, 0.25) is 0 Å². The van der Waals surface area contributed by atoms with Crippen molar-refractivity contribution in [3.8, 4) is 0 Å². The second-order valence-corrected chi connectivity index (χ2v) is 5.23. The standard InChI is InChI=1S/C15H16N2O3/c18-13-14(19)17(12-9-5-2-6-10-12)15(20)16(13)11-7-3-1-4-8-11/h1,3-4,7-8,12H,2,5-6,9-10H2. The van der Waals surface area contributed by atoms with Crippen LogP contribution in [0.3, 0.4) is 0 Å². The van der Waals surface area contributed by atoms with E-state index in [2.05, 4.69) is 0 Å². The van der Waals surface area contributed by atoms with Crippen LogP contribution in [-0.4, -0.2) is 28.8 Å². The predicted molar refractivity (Wildman–Crippen MR) is 73.0 cm³/mol. The number of anilines is 1. The van der Waals surface area contributed by atoms with Gasteiger partial charge in [-0.05, 0) is 25.0 Å². The van der Waals surface area contributed by atoms with E-state index >= 15 is 0 Å². The minimum Gasteiger partial charge on any atom is -0.263 e. The molecule has 1 aromatic carbocycles. The lowest BCUT2D eigenvalue weighted by molar-refractivity contribution is -0.140. The van der Waals surface area contributed by atoms with Gasteiger partial charge in [0.05, 0.1) is 5.69 Å². The average molecular weight is 272 g/mol. The van der Waals surface area contributed by atoms with Gasteiger partial charge in [0, 0.05) is 6.04 Å². The molecule has 2 aliphatic rings. The van der Waals surface area contributed by atoms with Crippen LogP contribution >= 0.6 is 0 Å². The molecule has 20 heavy (non-hydrogen) atoms. The van der Waals surface area contributed by atoms with Gasteiger partial charge in [-0.2, -0.15) is 0 Å². The number of carbonyl (C=O) groups is 3. The van der Waals surface area contributed by atoms with Gasteiger partial charge in [-0.3, -0.25) is 14.5 Å². The third-order valence-corrected chi connectivity index (χ3v) is 3.96. The van der Waals surface area contributed by atoms with Crippen molar-refractivity contribution in [1.29, 1.82) is 0 Å². The SMILES string of the molecule is O=C1C(=O)N(C2CCCCC2)C(=O)N1c1ccccc1. The monoisotopic (exact) mass is 272 g/mol. The van der Waals surface area contributed by atoms with Gasteiger partial charge in [-0.1, -0.05) is 37.5 Å². The van der Waals surface area contributed by atoms with Crippen molar-refractivity contribution in [1.82, 2.24) is 4.90 Å². The Labute approximate surface area is 117 Å². The molecule has 0 radical (unpaired) electrons. The van der Waals surface area contributed by atoms with Crippen molar-refractivity contribution in [3.63, 3.8) is 0 Å². The lowest BCUT2D eigenvalue weighted by Crippen LogP contribution is -2.42. The summed E-state index contributed by atoms with van der Waals surface area (Å²) >= 11 is 0. The maximum atomic E-state index is 12.4. The maximum absolute atomic E-state index is 12.4. The zero-order valence-corrected chi connectivity index (χ0v) is 11.1. The third kappa shape index (κ3) is 1.99. The summed E-state index contributed by atoms with van der Waals surface area (Å²) < 4.78 is 0. The number of urea groups is 1. The largest absolute Gasteiger partial charge is 0.339 e. The molecule has 1 aliphatic carbocycles. The van der Waals surface area contributed by atoms with Crippen LogP contribution in [0, 0.1) is 0 Å². The summed E-state index contributed by atoms with van der Waals surface area (Å²) in [6, 6.07) is 7.98. The van der Waals surface area contributed by atoms with E-state index in [1.165, 1.54) is 0 Å². The van der Waals surface area contributed by atoms with Gasteiger partial charge in [-0.15, -0.1) is 0 Å². The Balaban J connectivity index is 1.90. The quantitative estimate of drug-likeness (QED) is 0.613. The zero-order chi connectivity index (χ0) is 14.1. The molecule has 0 atom stereocenters. The maximum Gasteiger partial charge on any atom is 0.339 e. The number of rotatable bonds is 2. The first kappa shape index (κ1) is 12.8. The smallest absolute Gasteiger partial charge is 0.263 e. The van der Waals surface area contributed by atoms with Crippen LogP contribution in [-0.2, 0) is 9.59 Å². The lowest BCUT2D eigenvalue weighted by atomic mass is 9.94. The summed E-state index contributed by atoms with van der Waals surface area (Å²) in [5, 5.41) is 0. The van der Waals surface area contributed by atoms with Crippen LogP contribution in [0.5, 0.6) is 0 Å². The Morgan fingerprint density at radius 3 is 2.15 bits per heavy atom. The molecule has 0 aromatic heterocycles. The summed E-state index contributed by atoms with van der Waals surface area (Å²) in [5.74, 6) is -1.43. The van der Waals surface area contributed by atoms with E-state index in [0.717, 1.165) is 41.9 Å². The number of carbonyl (C=O) groups excluding carboxylic acids is 3. The molecule has 1 saturated carbocycles. The van der Waals surface area contributed by atoms with Crippen molar-refractivity contribution >= 4 is 23.5 Å². The molecule has 0 unspecified atom stereocenters. The topological polar surface area (TPSA) is 57.7 Å². The summed E-state index contributed by atoms with van der Waals surface area (Å²) in [4.78, 5) is 38.8. The van der Waals surface area contributed by atoms with Crippen molar-refractivity contribution in [2.45, 2.75) is 38.1 Å². The molecular formula is C15H16N2O3. The normalized spacial score (nSPS) is 20.9. The van der Waals surface area contributed by atoms with Crippen LogP contribution in [0.4, 0.5) is 10.5 Å². The van der Waals surface area contributed by atoms with Gasteiger partial charge in [0.15, 0.2) is 0 Å². The molecule has 1 aliphatic heterocycles. The number of benzene rings is 1. The number of imide groups is 2. The van der Waals surface area contributed by atoms with E-state index in [4.69, 9.17) is 0 Å². The molecule has 0 N–H and O–H groups in total. The zero-order valence-electron chi connectivity index (χ0n) is 11.1. The Morgan fingerprint density at radius 1 is 0.850 bits per heavy atom. The second-order valence-electron chi connectivity index (χ2n) is 5.23. The van der Waals surface area contributed by atoms with E-state index in [-0.39, 0.29) is 6.04 Å². The molecule has 104 valence electrons. The predicted octanol–water partition coefficient (Wildman–Crippen LogP) is 2.31. The van der Waals surface area contributed by atoms with Gasteiger partial charge >= 0.3 is 17.8 Å². The van der Waals surface area contributed by atoms with Gasteiger partial charge in [0.25, 0.3) is 0 Å². The fourth-order valence-corrected chi connectivity index (χ4v) is 2.95. The highest BCUT2D eigenvalue weighted by Gasteiger charge is 2.48. The molecule has 3 rings (SSSR count). The highest BCUT2D eigenvalue weighted by Crippen LogP contribution is 2.29. The number of para-hydroxylation sites is 1. The Hall–Kier alpha value is -2.17. The molecule has 0 bridgehead atoms. The lowest BCUT2D eigenvalue weighted by Gasteiger charge is -2.28. The minimum atomic E-state index is -0.744. The van der Waals surface area contributed by atoms with Gasteiger partial charge in [-0.25, -0.2) is 9.69 Å². The second kappa shape index (κ2) is 5.07. The molecule has 0 spiro atoms. The van der Waals surface area contributed by atoms with Crippen molar-refractivity contribution in [2.75, 3.05) is 4.90 Å². The molecule has 2 fully saturated rings. The van der Waals surface area contributed by atoms with E-state index in [0.29, 0.717) is 5.69 Å². The van der Waals surface area contributed by atoms with E-state index in [9.17, 15) is 14.4 Å². The van der Waals surface area contributed by atoms with Crippen LogP contribution in [0.2, 0.25) is 0 Å². The number of hydrogen-bond acceptors (Lipinski definition) is 3. The van der Waals surface area contributed by atoms with Gasteiger partial charge < -0.3 is 0 Å². The fraction of sp³-hybridized carbons (Fsp3) is 0.400. The fourth-order valence-electron chi connectivity index (χ4n) is 2.95. The van der Waals surface area contributed by atoms with Crippen molar-refractivity contribution < 1.29 is 14.4 Å². The van der Waals surface area contributed by atoms with Gasteiger partial charge in [0.1, 0.15) is 0 Å². The first-order valence-corrected chi connectivity index (χ1v) is 6.97. The number of hydrogen-bond donors (Lipinski definition) is 0. The summed E-state index contributed by atoms with van der Waals surface area (Å²) in [7, 11) is 0. The number of amides is 4. The first-order valence-electron chi connectivity index (χ1n) is 6.97. The molecule has 1 aromatic rings. The minimum absolute atomic E-state index is 0.124. The summed E-state index contributed by atoms with van der Waals surface area (Å²) in [5.41, 5.74) is 0.453. The number of nitrogens with zero attached hydrogens (tertiary/aromatic N) is 2. The third-order valence-electron chi connectivity index (χ3n) is 3.96. The molecule has 5 heteroatoms. The Bertz CT molecular complexity index is 549. The molecular weight excluding hydrogens is 256 g/mol. The average Bonchev–Trinajstić information content (AvgIpc) is 2.71. The highest BCUT2D eigenvalue weighted by atomic mass is 16.2. The Morgan fingerprint density at radius 2 is 1.50 bits per heavy atom. The van der Waals surface area contributed by atoms with E-state index in [1.807, 2.05) is 0 Å². The van der Waals surface area contributed by atoms with Crippen LogP contribution in [0.15, 0.2) is 30.3 Å². The van der Waals surface area contributed by atoms with Crippen LogP contribution < -0.4 is 4.90 Å². The van der Waals surface area contributed by atoms with Crippen LogP contribution in [0.1, 0.15) is 32.1 Å². The summed E-state index contributed by atoms with van der Waals surface area (Å²) in [6.45, 7) is 0. The molecule has 5 nitrogen and oxygen atoms in total. The first-order chi connectivity index (χ1) is 9.70. The molecule has 4 amide bonds. The molecule has 1 heterocycles. The van der Waals surface area contributed by atoms with Crippen molar-refractivity contribution in [2.24, 2.45) is 0 Å².